The summed E-state index contributed by atoms with van der Waals surface area (Å²) in [6.45, 7) is 0. The Balaban J connectivity index is 1.49. The molecular formula is C40H28N2. The number of pyridine rings is 2. The molecule has 5 aromatic carbocycles. The summed E-state index contributed by atoms with van der Waals surface area (Å²) in [6.07, 6.45) is 3.69. The highest BCUT2D eigenvalue weighted by atomic mass is 14.7. The van der Waals surface area contributed by atoms with Gasteiger partial charge in [-0.1, -0.05) is 109 Å². The molecule has 0 N–H and O–H groups in total. The lowest BCUT2D eigenvalue weighted by Crippen LogP contribution is -1.93. The van der Waals surface area contributed by atoms with Crippen molar-refractivity contribution in [1.82, 2.24) is 9.97 Å². The van der Waals surface area contributed by atoms with Crippen molar-refractivity contribution in [3.8, 4) is 67.0 Å². The van der Waals surface area contributed by atoms with Crippen LogP contribution in [0.4, 0.5) is 0 Å². The Morgan fingerprint density at radius 1 is 0.262 bits per heavy atom. The molecule has 2 heteroatoms. The first-order valence-electron chi connectivity index (χ1n) is 14.2. The van der Waals surface area contributed by atoms with Crippen molar-refractivity contribution in [3.63, 3.8) is 0 Å². The molecule has 198 valence electrons. The Morgan fingerprint density at radius 2 is 0.619 bits per heavy atom. The molecular weight excluding hydrogens is 508 g/mol. The third-order valence-corrected chi connectivity index (χ3v) is 7.60. The summed E-state index contributed by atoms with van der Waals surface area (Å²) in [5.41, 5.74) is 13.5. The van der Waals surface area contributed by atoms with Crippen molar-refractivity contribution in [2.75, 3.05) is 0 Å². The summed E-state index contributed by atoms with van der Waals surface area (Å²) in [5.74, 6) is 0. The Bertz CT molecular complexity index is 1810. The fourth-order valence-electron chi connectivity index (χ4n) is 5.55. The van der Waals surface area contributed by atoms with Crippen LogP contribution in [0, 0.1) is 0 Å². The molecule has 7 rings (SSSR count). The zero-order chi connectivity index (χ0) is 28.1. The second-order valence-corrected chi connectivity index (χ2v) is 10.3. The van der Waals surface area contributed by atoms with E-state index in [9.17, 15) is 0 Å². The van der Waals surface area contributed by atoms with Gasteiger partial charge in [-0.25, -0.2) is 0 Å². The van der Waals surface area contributed by atoms with Crippen LogP contribution in [0.2, 0.25) is 0 Å². The van der Waals surface area contributed by atoms with Crippen molar-refractivity contribution < 1.29 is 0 Å². The molecule has 42 heavy (non-hydrogen) atoms. The largest absolute Gasteiger partial charge is 0.256 e. The molecule has 2 aromatic heterocycles. The Kier molecular flexibility index (Phi) is 6.94. The molecule has 0 radical (unpaired) electrons. The maximum Gasteiger partial charge on any atom is 0.0702 e. The molecule has 0 unspecified atom stereocenters. The predicted octanol–water partition coefficient (Wildman–Crippen LogP) is 10.5. The third kappa shape index (κ3) is 5.14. The van der Waals surface area contributed by atoms with Gasteiger partial charge in [0.25, 0.3) is 0 Å². The summed E-state index contributed by atoms with van der Waals surface area (Å²) in [7, 11) is 0. The van der Waals surface area contributed by atoms with Gasteiger partial charge in [-0.2, -0.15) is 0 Å². The van der Waals surface area contributed by atoms with Gasteiger partial charge < -0.3 is 0 Å². The Labute approximate surface area is 246 Å². The van der Waals surface area contributed by atoms with E-state index >= 15 is 0 Å². The lowest BCUT2D eigenvalue weighted by Gasteiger charge is -2.19. The van der Waals surface area contributed by atoms with Gasteiger partial charge in [-0.05, 0) is 93.0 Å². The first-order chi connectivity index (χ1) is 20.8. The van der Waals surface area contributed by atoms with E-state index in [0.29, 0.717) is 0 Å². The number of aromatic nitrogens is 2. The number of benzene rings is 5. The van der Waals surface area contributed by atoms with Crippen LogP contribution >= 0.6 is 0 Å². The minimum atomic E-state index is 0.963. The number of hydrogen-bond acceptors (Lipinski definition) is 2. The van der Waals surface area contributed by atoms with E-state index in [1.165, 1.54) is 33.4 Å². The van der Waals surface area contributed by atoms with Crippen LogP contribution in [0.3, 0.4) is 0 Å². The molecule has 0 aliphatic rings. The van der Waals surface area contributed by atoms with Gasteiger partial charge in [-0.3, -0.25) is 9.97 Å². The lowest BCUT2D eigenvalue weighted by atomic mass is 9.85. The highest BCUT2D eigenvalue weighted by Crippen LogP contribution is 2.43. The van der Waals surface area contributed by atoms with Gasteiger partial charge >= 0.3 is 0 Å². The predicted molar refractivity (Wildman–Crippen MR) is 175 cm³/mol. The molecule has 0 bridgehead atoms. The van der Waals surface area contributed by atoms with Gasteiger partial charge in [0.1, 0.15) is 0 Å². The number of rotatable bonds is 6. The van der Waals surface area contributed by atoms with Gasteiger partial charge in [0.2, 0.25) is 0 Å². The van der Waals surface area contributed by atoms with Crippen LogP contribution in [0.5, 0.6) is 0 Å². The highest BCUT2D eigenvalue weighted by Gasteiger charge is 2.17. The lowest BCUT2D eigenvalue weighted by molar-refractivity contribution is 1.33. The fourth-order valence-corrected chi connectivity index (χ4v) is 5.55. The van der Waals surface area contributed by atoms with Gasteiger partial charge in [-0.15, -0.1) is 0 Å². The van der Waals surface area contributed by atoms with E-state index in [1.807, 2.05) is 36.7 Å². The molecule has 0 atom stereocenters. The number of nitrogens with zero attached hydrogens (tertiary/aromatic N) is 2. The van der Waals surface area contributed by atoms with E-state index in [-0.39, 0.29) is 0 Å². The SMILES string of the molecule is c1ccc(-c2cc(-c3ccccc3)c(-c3cccc(-c4ccccn4)c3)cc2-c2cccc(-c3ccccn3)c2)cc1. The molecule has 0 amide bonds. The molecule has 0 aliphatic heterocycles. The zero-order valence-corrected chi connectivity index (χ0v) is 23.1. The maximum absolute atomic E-state index is 4.62. The molecule has 2 heterocycles. The quantitative estimate of drug-likeness (QED) is 0.211. The third-order valence-electron chi connectivity index (χ3n) is 7.60. The van der Waals surface area contributed by atoms with Crippen molar-refractivity contribution in [1.29, 1.82) is 0 Å². The van der Waals surface area contributed by atoms with Crippen LogP contribution in [0.25, 0.3) is 67.0 Å². The maximum atomic E-state index is 4.62. The summed E-state index contributed by atoms with van der Waals surface area (Å²) in [4.78, 5) is 9.23. The molecule has 2 nitrogen and oxygen atoms in total. The monoisotopic (exact) mass is 536 g/mol. The molecule has 7 aromatic rings. The summed E-state index contributed by atoms with van der Waals surface area (Å²) < 4.78 is 0. The van der Waals surface area contributed by atoms with E-state index < -0.39 is 0 Å². The van der Waals surface area contributed by atoms with Gasteiger partial charge in [0, 0.05) is 23.5 Å². The van der Waals surface area contributed by atoms with Crippen LogP contribution < -0.4 is 0 Å². The second-order valence-electron chi connectivity index (χ2n) is 10.3. The smallest absolute Gasteiger partial charge is 0.0702 e. The van der Waals surface area contributed by atoms with Crippen molar-refractivity contribution in [2.24, 2.45) is 0 Å². The fraction of sp³-hybridized carbons (Fsp3) is 0. The Morgan fingerprint density at radius 3 is 1.02 bits per heavy atom. The minimum Gasteiger partial charge on any atom is -0.256 e. The van der Waals surface area contributed by atoms with Crippen LogP contribution in [0.1, 0.15) is 0 Å². The van der Waals surface area contributed by atoms with E-state index in [0.717, 1.165) is 33.6 Å². The first kappa shape index (κ1) is 25.4. The molecule has 0 spiro atoms. The van der Waals surface area contributed by atoms with Crippen molar-refractivity contribution >= 4 is 0 Å². The zero-order valence-electron chi connectivity index (χ0n) is 23.1. The first-order valence-corrected chi connectivity index (χ1v) is 14.2. The molecule has 0 fully saturated rings. The van der Waals surface area contributed by atoms with Gasteiger partial charge in [0.15, 0.2) is 0 Å². The second kappa shape index (κ2) is 11.5. The minimum absolute atomic E-state index is 0.963. The summed E-state index contributed by atoms with van der Waals surface area (Å²) >= 11 is 0. The van der Waals surface area contributed by atoms with Crippen molar-refractivity contribution in [2.45, 2.75) is 0 Å². The normalized spacial score (nSPS) is 10.9. The van der Waals surface area contributed by atoms with E-state index in [2.05, 4.69) is 143 Å². The highest BCUT2D eigenvalue weighted by molar-refractivity contribution is 5.96. The van der Waals surface area contributed by atoms with Crippen LogP contribution in [-0.2, 0) is 0 Å². The molecule has 0 saturated heterocycles. The standard InChI is InChI=1S/C40H28N2/c1-3-13-29(14-4-1)35-27-36(30-15-5-2-6-16-30)38(32-18-12-20-34(26-32)40-22-8-10-24-42-40)28-37(35)31-17-11-19-33(25-31)39-21-7-9-23-41-39/h1-28H. The number of hydrogen-bond donors (Lipinski definition) is 0. The van der Waals surface area contributed by atoms with Crippen LogP contribution in [-0.4, -0.2) is 9.97 Å². The average Bonchev–Trinajstić information content (AvgIpc) is 3.09. The summed E-state index contributed by atoms with van der Waals surface area (Å²) in [6, 6.07) is 55.6. The summed E-state index contributed by atoms with van der Waals surface area (Å²) in [5, 5.41) is 0. The van der Waals surface area contributed by atoms with E-state index in [4.69, 9.17) is 0 Å². The van der Waals surface area contributed by atoms with E-state index in [1.54, 1.807) is 0 Å². The Hall–Kier alpha value is -5.60. The van der Waals surface area contributed by atoms with Gasteiger partial charge in [0.05, 0.1) is 11.4 Å². The average molecular weight is 537 g/mol. The molecule has 0 aliphatic carbocycles. The van der Waals surface area contributed by atoms with Crippen molar-refractivity contribution in [3.05, 3.63) is 170 Å². The topological polar surface area (TPSA) is 25.8 Å². The van der Waals surface area contributed by atoms with Crippen LogP contribution in [0.15, 0.2) is 170 Å². The molecule has 0 saturated carbocycles.